The van der Waals surface area contributed by atoms with Gasteiger partial charge in [0, 0.05) is 25.2 Å². The monoisotopic (exact) mass is 320 g/mol. The molecule has 2 aromatic carbocycles. The number of hydrogen-bond acceptors (Lipinski definition) is 2. The zero-order valence-corrected chi connectivity index (χ0v) is 14.1. The summed E-state index contributed by atoms with van der Waals surface area (Å²) in [6.07, 6.45) is 7.45. The minimum Gasteiger partial charge on any atom is -0.326 e. The Morgan fingerprint density at radius 1 is 1.17 bits per heavy atom. The van der Waals surface area contributed by atoms with Crippen molar-refractivity contribution >= 4 is 17.7 Å². The maximum absolute atomic E-state index is 11.3. The summed E-state index contributed by atoms with van der Waals surface area (Å²) in [6, 6.07) is 17.0. The largest absolute Gasteiger partial charge is 0.326 e. The van der Waals surface area contributed by atoms with Crippen molar-refractivity contribution in [1.29, 1.82) is 0 Å². The predicted molar refractivity (Wildman–Crippen MR) is 100 cm³/mol. The van der Waals surface area contributed by atoms with Crippen LogP contribution in [-0.2, 0) is 17.6 Å². The lowest BCUT2D eigenvalue weighted by Gasteiger charge is -2.27. The Morgan fingerprint density at radius 2 is 2.00 bits per heavy atom. The smallest absolute Gasteiger partial charge is 0.221 e. The van der Waals surface area contributed by atoms with Crippen molar-refractivity contribution in [3.8, 4) is 0 Å². The van der Waals surface area contributed by atoms with Crippen molar-refractivity contribution in [2.24, 2.45) is 0 Å². The summed E-state index contributed by atoms with van der Waals surface area (Å²) >= 11 is 0. The Morgan fingerprint density at radius 3 is 2.79 bits per heavy atom. The molecule has 1 amide bonds. The molecule has 0 fully saturated rings. The first-order valence-corrected chi connectivity index (χ1v) is 8.55. The van der Waals surface area contributed by atoms with E-state index < -0.39 is 0 Å². The second kappa shape index (κ2) is 7.93. The second-order valence-corrected chi connectivity index (χ2v) is 6.29. The highest BCUT2D eigenvalue weighted by atomic mass is 16.1. The van der Waals surface area contributed by atoms with E-state index in [2.05, 4.69) is 53.1 Å². The molecule has 124 valence electrons. The Kier molecular flexibility index (Phi) is 5.44. The van der Waals surface area contributed by atoms with Gasteiger partial charge in [-0.05, 0) is 42.0 Å². The first kappa shape index (κ1) is 16.5. The molecule has 1 atom stereocenters. The second-order valence-electron chi connectivity index (χ2n) is 6.29. The third kappa shape index (κ3) is 4.33. The molecule has 0 bridgehead atoms. The molecule has 3 heteroatoms. The lowest BCUT2D eigenvalue weighted by molar-refractivity contribution is -0.114. The molecule has 2 aromatic rings. The van der Waals surface area contributed by atoms with Crippen molar-refractivity contribution in [2.45, 2.75) is 32.2 Å². The summed E-state index contributed by atoms with van der Waals surface area (Å²) < 4.78 is 0. The summed E-state index contributed by atoms with van der Waals surface area (Å²) in [5.41, 5.74) is 4.85. The fraction of sp³-hybridized carbons (Fsp3) is 0.286. The van der Waals surface area contributed by atoms with Crippen LogP contribution in [0.25, 0.3) is 6.08 Å². The van der Waals surface area contributed by atoms with Crippen LogP contribution in [0.2, 0.25) is 0 Å². The maximum Gasteiger partial charge on any atom is 0.221 e. The van der Waals surface area contributed by atoms with Gasteiger partial charge in [-0.25, -0.2) is 0 Å². The van der Waals surface area contributed by atoms with Crippen LogP contribution in [-0.4, -0.2) is 18.5 Å². The fourth-order valence-electron chi connectivity index (χ4n) is 3.28. The highest BCUT2D eigenvalue weighted by molar-refractivity contribution is 5.89. The quantitative estimate of drug-likeness (QED) is 0.879. The summed E-state index contributed by atoms with van der Waals surface area (Å²) in [5, 5.41) is 6.57. The van der Waals surface area contributed by atoms with Gasteiger partial charge in [-0.15, -0.1) is 0 Å². The normalized spacial score (nSPS) is 16.8. The molecule has 0 saturated carbocycles. The van der Waals surface area contributed by atoms with Gasteiger partial charge >= 0.3 is 0 Å². The van der Waals surface area contributed by atoms with Gasteiger partial charge in [-0.3, -0.25) is 4.79 Å². The summed E-state index contributed by atoms with van der Waals surface area (Å²) in [5.74, 6) is -0.00491. The maximum atomic E-state index is 11.3. The molecule has 0 spiro atoms. The third-order valence-electron chi connectivity index (χ3n) is 4.43. The molecule has 3 rings (SSSR count). The van der Waals surface area contributed by atoms with E-state index >= 15 is 0 Å². The molecule has 1 aliphatic rings. The average Bonchev–Trinajstić information content (AvgIpc) is 2.59. The first-order valence-electron chi connectivity index (χ1n) is 8.55. The SMILES string of the molecule is CC(=O)Nc1cccc2c1CCC(NC/C=C\c1ccccc1)C2. The molecule has 0 aromatic heterocycles. The van der Waals surface area contributed by atoms with E-state index in [4.69, 9.17) is 0 Å². The summed E-state index contributed by atoms with van der Waals surface area (Å²) in [7, 11) is 0. The van der Waals surface area contributed by atoms with Gasteiger partial charge in [0.05, 0.1) is 0 Å². The minimum atomic E-state index is -0.00491. The lowest BCUT2D eigenvalue weighted by Crippen LogP contribution is -2.34. The van der Waals surface area contributed by atoms with Crippen molar-refractivity contribution in [2.75, 3.05) is 11.9 Å². The van der Waals surface area contributed by atoms with Gasteiger partial charge in [-0.2, -0.15) is 0 Å². The Labute approximate surface area is 143 Å². The molecule has 0 aliphatic heterocycles. The Balaban J connectivity index is 1.56. The van der Waals surface area contributed by atoms with Crippen LogP contribution in [0.15, 0.2) is 54.6 Å². The third-order valence-corrected chi connectivity index (χ3v) is 4.43. The van der Waals surface area contributed by atoms with Crippen molar-refractivity contribution < 1.29 is 4.79 Å². The van der Waals surface area contributed by atoms with Gasteiger partial charge in [0.25, 0.3) is 0 Å². The van der Waals surface area contributed by atoms with Crippen molar-refractivity contribution in [1.82, 2.24) is 5.32 Å². The highest BCUT2D eigenvalue weighted by Gasteiger charge is 2.20. The van der Waals surface area contributed by atoms with E-state index in [9.17, 15) is 4.79 Å². The predicted octanol–water partition coefficient (Wildman–Crippen LogP) is 3.81. The number of hydrogen-bond donors (Lipinski definition) is 2. The van der Waals surface area contributed by atoms with Gasteiger partial charge in [0.1, 0.15) is 0 Å². The number of amides is 1. The number of benzene rings is 2. The number of anilines is 1. The molecule has 0 heterocycles. The summed E-state index contributed by atoms with van der Waals surface area (Å²) in [4.78, 5) is 11.3. The number of carbonyl (C=O) groups excluding carboxylic acids is 1. The van der Waals surface area contributed by atoms with Crippen LogP contribution >= 0.6 is 0 Å². The molecule has 2 N–H and O–H groups in total. The van der Waals surface area contributed by atoms with E-state index in [-0.39, 0.29) is 5.91 Å². The van der Waals surface area contributed by atoms with Crippen LogP contribution < -0.4 is 10.6 Å². The molecule has 0 saturated heterocycles. The first-order chi connectivity index (χ1) is 11.7. The molecule has 1 aliphatic carbocycles. The zero-order chi connectivity index (χ0) is 16.8. The van der Waals surface area contributed by atoms with E-state index in [0.29, 0.717) is 6.04 Å². The van der Waals surface area contributed by atoms with Gasteiger partial charge in [0.15, 0.2) is 0 Å². The zero-order valence-electron chi connectivity index (χ0n) is 14.1. The molecular formula is C21H24N2O. The van der Waals surface area contributed by atoms with E-state index in [1.54, 1.807) is 6.92 Å². The number of nitrogens with one attached hydrogen (secondary N) is 2. The van der Waals surface area contributed by atoms with Crippen LogP contribution in [0.1, 0.15) is 30.0 Å². The van der Waals surface area contributed by atoms with Crippen molar-refractivity contribution in [3.63, 3.8) is 0 Å². The lowest BCUT2D eigenvalue weighted by atomic mass is 9.87. The Bertz CT molecular complexity index is 722. The van der Waals surface area contributed by atoms with Crippen LogP contribution in [0.3, 0.4) is 0 Å². The summed E-state index contributed by atoms with van der Waals surface area (Å²) in [6.45, 7) is 2.44. The molecule has 0 radical (unpaired) electrons. The van der Waals surface area contributed by atoms with E-state index in [1.807, 2.05) is 18.2 Å². The number of rotatable bonds is 5. The molecule has 3 nitrogen and oxygen atoms in total. The van der Waals surface area contributed by atoms with Crippen LogP contribution in [0.5, 0.6) is 0 Å². The standard InChI is InChI=1S/C21H24N2O/c1-16(24)23-21-11-5-10-18-15-19(12-13-20(18)21)22-14-6-9-17-7-3-2-4-8-17/h2-11,19,22H,12-15H2,1H3,(H,23,24)/b9-6-. The van der Waals surface area contributed by atoms with E-state index in [1.165, 1.54) is 16.7 Å². The van der Waals surface area contributed by atoms with Crippen molar-refractivity contribution in [3.05, 3.63) is 71.3 Å². The molecule has 1 unspecified atom stereocenters. The van der Waals surface area contributed by atoms with Crippen LogP contribution in [0, 0.1) is 0 Å². The molecular weight excluding hydrogens is 296 g/mol. The van der Waals surface area contributed by atoms with E-state index in [0.717, 1.165) is 31.5 Å². The van der Waals surface area contributed by atoms with Crippen LogP contribution in [0.4, 0.5) is 5.69 Å². The number of fused-ring (bicyclic) bond motifs is 1. The van der Waals surface area contributed by atoms with Gasteiger partial charge in [-0.1, -0.05) is 54.6 Å². The highest BCUT2D eigenvalue weighted by Crippen LogP contribution is 2.28. The minimum absolute atomic E-state index is 0.00491. The number of carbonyl (C=O) groups is 1. The topological polar surface area (TPSA) is 41.1 Å². The van der Waals surface area contributed by atoms with Gasteiger partial charge in [0.2, 0.25) is 5.91 Å². The molecule has 24 heavy (non-hydrogen) atoms. The average molecular weight is 320 g/mol. The fourth-order valence-corrected chi connectivity index (χ4v) is 3.28. The van der Waals surface area contributed by atoms with Gasteiger partial charge < -0.3 is 10.6 Å². The Hall–Kier alpha value is -2.39.